The molecule has 1 saturated heterocycles. The molecule has 26 heavy (non-hydrogen) atoms. The zero-order valence-corrected chi connectivity index (χ0v) is 15.1. The third-order valence-electron chi connectivity index (χ3n) is 5.33. The van der Waals surface area contributed by atoms with Crippen LogP contribution in [0.3, 0.4) is 0 Å². The van der Waals surface area contributed by atoms with Crippen molar-refractivity contribution in [3.63, 3.8) is 0 Å². The van der Waals surface area contributed by atoms with Gasteiger partial charge in [-0.2, -0.15) is 0 Å². The first kappa shape index (κ1) is 16.8. The van der Waals surface area contributed by atoms with Crippen molar-refractivity contribution in [2.75, 3.05) is 28.6 Å². The standard InChI is InChI=1S/C19H25N7/c1-13-6-2-3-10-25(13)16-12-23-17(18(20)24-16)19(21)26-11-5-7-14-15(26)8-4-9-22-14/h4,8-9,12-13,21H,2-3,5-7,10-11H2,1H3,(H2,20,24)/t13-/m1/s1. The maximum absolute atomic E-state index is 8.65. The van der Waals surface area contributed by atoms with Gasteiger partial charge in [0.05, 0.1) is 17.6 Å². The Labute approximate surface area is 153 Å². The van der Waals surface area contributed by atoms with E-state index in [9.17, 15) is 0 Å². The molecule has 2 aliphatic heterocycles. The predicted octanol–water partition coefficient (Wildman–Crippen LogP) is 2.61. The molecule has 4 rings (SSSR count). The van der Waals surface area contributed by atoms with E-state index in [1.165, 1.54) is 12.8 Å². The molecule has 1 atom stereocenters. The highest BCUT2D eigenvalue weighted by molar-refractivity contribution is 6.09. The Morgan fingerprint density at radius 2 is 2.12 bits per heavy atom. The zero-order valence-electron chi connectivity index (χ0n) is 15.1. The number of nitrogens with one attached hydrogen (secondary N) is 1. The van der Waals surface area contributed by atoms with Crippen molar-refractivity contribution >= 4 is 23.2 Å². The van der Waals surface area contributed by atoms with Crippen LogP contribution < -0.4 is 15.5 Å². The normalized spacial score (nSPS) is 20.0. The number of fused-ring (bicyclic) bond motifs is 1. The van der Waals surface area contributed by atoms with Crippen LogP contribution in [0.5, 0.6) is 0 Å². The average molecular weight is 351 g/mol. The van der Waals surface area contributed by atoms with Crippen molar-refractivity contribution in [2.45, 2.75) is 45.1 Å². The maximum Gasteiger partial charge on any atom is 0.155 e. The molecule has 0 unspecified atom stereocenters. The zero-order chi connectivity index (χ0) is 18.1. The molecular weight excluding hydrogens is 326 g/mol. The molecule has 1 fully saturated rings. The van der Waals surface area contributed by atoms with Crippen LogP contribution in [0.15, 0.2) is 24.5 Å². The predicted molar refractivity (Wildman–Crippen MR) is 104 cm³/mol. The Morgan fingerprint density at radius 3 is 2.92 bits per heavy atom. The first-order valence-electron chi connectivity index (χ1n) is 9.34. The van der Waals surface area contributed by atoms with Crippen molar-refractivity contribution < 1.29 is 0 Å². The largest absolute Gasteiger partial charge is 0.382 e. The number of nitrogens with zero attached hydrogens (tertiary/aromatic N) is 5. The fourth-order valence-corrected chi connectivity index (χ4v) is 3.91. The minimum Gasteiger partial charge on any atom is -0.382 e. The van der Waals surface area contributed by atoms with E-state index >= 15 is 0 Å². The van der Waals surface area contributed by atoms with E-state index in [4.69, 9.17) is 11.1 Å². The van der Waals surface area contributed by atoms with Crippen LogP contribution in [0.25, 0.3) is 0 Å². The van der Waals surface area contributed by atoms with Gasteiger partial charge in [-0.15, -0.1) is 0 Å². The topological polar surface area (TPSA) is 95.0 Å². The van der Waals surface area contributed by atoms with E-state index in [0.717, 1.165) is 49.6 Å². The van der Waals surface area contributed by atoms with Gasteiger partial charge in [0.2, 0.25) is 0 Å². The SMILES string of the molecule is C[C@@H]1CCCCN1c1cnc(C(=N)N2CCCc3ncccc32)c(N)n1. The Balaban J connectivity index is 1.61. The molecule has 0 saturated carbocycles. The van der Waals surface area contributed by atoms with Gasteiger partial charge in [0.15, 0.2) is 11.7 Å². The van der Waals surface area contributed by atoms with Crippen LogP contribution in [0, 0.1) is 5.41 Å². The van der Waals surface area contributed by atoms with Crippen LogP contribution >= 0.6 is 0 Å². The monoisotopic (exact) mass is 351 g/mol. The fourth-order valence-electron chi connectivity index (χ4n) is 3.91. The minimum absolute atomic E-state index is 0.294. The third kappa shape index (κ3) is 2.98. The second-order valence-electron chi connectivity index (χ2n) is 7.07. The molecule has 7 nitrogen and oxygen atoms in total. The Morgan fingerprint density at radius 1 is 1.23 bits per heavy atom. The van der Waals surface area contributed by atoms with Gasteiger partial charge in [-0.25, -0.2) is 9.97 Å². The van der Waals surface area contributed by atoms with E-state index in [2.05, 4.69) is 26.8 Å². The van der Waals surface area contributed by atoms with E-state index in [0.29, 0.717) is 23.4 Å². The minimum atomic E-state index is 0.294. The van der Waals surface area contributed by atoms with Crippen LogP contribution in [-0.2, 0) is 6.42 Å². The summed E-state index contributed by atoms with van der Waals surface area (Å²) in [6.07, 6.45) is 9.05. The van der Waals surface area contributed by atoms with Crippen molar-refractivity contribution in [1.29, 1.82) is 5.41 Å². The smallest absolute Gasteiger partial charge is 0.155 e. The molecule has 136 valence electrons. The number of hydrogen-bond donors (Lipinski definition) is 2. The molecule has 2 aromatic rings. The van der Waals surface area contributed by atoms with Crippen molar-refractivity contribution in [3.05, 3.63) is 35.9 Å². The molecule has 0 amide bonds. The molecule has 0 aliphatic carbocycles. The Bertz CT molecular complexity index is 819. The van der Waals surface area contributed by atoms with Gasteiger partial charge < -0.3 is 15.5 Å². The number of pyridine rings is 1. The fraction of sp³-hybridized carbons (Fsp3) is 0.474. The van der Waals surface area contributed by atoms with E-state index in [-0.39, 0.29) is 0 Å². The van der Waals surface area contributed by atoms with Crippen LogP contribution in [0.1, 0.15) is 44.0 Å². The quantitative estimate of drug-likeness (QED) is 0.638. The number of nitrogen functional groups attached to an aromatic ring is 1. The summed E-state index contributed by atoms with van der Waals surface area (Å²) in [5, 5.41) is 8.65. The highest BCUT2D eigenvalue weighted by Crippen LogP contribution is 2.28. The van der Waals surface area contributed by atoms with Crippen LogP contribution in [0.2, 0.25) is 0 Å². The van der Waals surface area contributed by atoms with Gasteiger partial charge in [-0.05, 0) is 51.2 Å². The van der Waals surface area contributed by atoms with Gasteiger partial charge in [-0.3, -0.25) is 10.4 Å². The summed E-state index contributed by atoms with van der Waals surface area (Å²) in [6, 6.07) is 4.35. The molecule has 0 spiro atoms. The summed E-state index contributed by atoms with van der Waals surface area (Å²) in [5.41, 5.74) is 8.65. The number of anilines is 3. The molecule has 4 heterocycles. The average Bonchev–Trinajstić information content (AvgIpc) is 2.67. The maximum atomic E-state index is 8.65. The van der Waals surface area contributed by atoms with E-state index in [1.54, 1.807) is 12.4 Å². The molecule has 3 N–H and O–H groups in total. The number of aryl methyl sites for hydroxylation is 1. The molecule has 0 radical (unpaired) electrons. The second kappa shape index (κ2) is 6.90. The molecule has 2 aromatic heterocycles. The second-order valence-corrected chi connectivity index (χ2v) is 7.07. The number of aromatic nitrogens is 3. The summed E-state index contributed by atoms with van der Waals surface area (Å²) in [5.74, 6) is 1.43. The summed E-state index contributed by atoms with van der Waals surface area (Å²) in [7, 11) is 0. The lowest BCUT2D eigenvalue weighted by Crippen LogP contribution is -2.39. The lowest BCUT2D eigenvalue weighted by atomic mass is 10.0. The Kier molecular flexibility index (Phi) is 4.44. The lowest BCUT2D eigenvalue weighted by Gasteiger charge is -2.34. The number of hydrogen-bond acceptors (Lipinski definition) is 6. The number of piperidine rings is 1. The number of amidine groups is 1. The molecule has 2 aliphatic rings. The molecule has 0 aromatic carbocycles. The lowest BCUT2D eigenvalue weighted by molar-refractivity contribution is 0.481. The van der Waals surface area contributed by atoms with Gasteiger partial charge in [0.1, 0.15) is 11.5 Å². The summed E-state index contributed by atoms with van der Waals surface area (Å²) < 4.78 is 0. The number of rotatable bonds is 2. The van der Waals surface area contributed by atoms with Crippen molar-refractivity contribution in [2.24, 2.45) is 0 Å². The highest BCUT2D eigenvalue weighted by Gasteiger charge is 2.26. The van der Waals surface area contributed by atoms with Crippen molar-refractivity contribution in [3.8, 4) is 0 Å². The van der Waals surface area contributed by atoms with E-state index < -0.39 is 0 Å². The summed E-state index contributed by atoms with van der Waals surface area (Å²) in [4.78, 5) is 17.7. The first-order chi connectivity index (χ1) is 12.6. The first-order valence-corrected chi connectivity index (χ1v) is 9.34. The van der Waals surface area contributed by atoms with Gasteiger partial charge in [0.25, 0.3) is 0 Å². The number of nitrogens with two attached hydrogens (primary N) is 1. The van der Waals surface area contributed by atoms with E-state index in [1.807, 2.05) is 17.0 Å². The summed E-state index contributed by atoms with van der Waals surface area (Å²) >= 11 is 0. The molecule has 7 heteroatoms. The van der Waals surface area contributed by atoms with Crippen LogP contribution in [0.4, 0.5) is 17.3 Å². The molecule has 0 bridgehead atoms. The van der Waals surface area contributed by atoms with Gasteiger partial charge >= 0.3 is 0 Å². The van der Waals surface area contributed by atoms with Gasteiger partial charge in [0, 0.05) is 25.3 Å². The van der Waals surface area contributed by atoms with Crippen molar-refractivity contribution in [1.82, 2.24) is 15.0 Å². The molecular formula is C19H25N7. The Hall–Kier alpha value is -2.70. The van der Waals surface area contributed by atoms with Gasteiger partial charge in [-0.1, -0.05) is 0 Å². The van der Waals surface area contributed by atoms with Crippen LogP contribution in [-0.4, -0.2) is 39.9 Å². The third-order valence-corrected chi connectivity index (χ3v) is 5.33. The summed E-state index contributed by atoms with van der Waals surface area (Å²) in [6.45, 7) is 3.96. The highest BCUT2D eigenvalue weighted by atomic mass is 15.2.